The van der Waals surface area contributed by atoms with Crippen molar-refractivity contribution in [2.45, 2.75) is 39.7 Å². The van der Waals surface area contributed by atoms with Crippen LogP contribution in [0.15, 0.2) is 0 Å². The molecule has 0 radical (unpaired) electrons. The number of carbonyl (C=O) groups excluding carboxylic acids is 1. The van der Waals surface area contributed by atoms with Crippen molar-refractivity contribution in [2.75, 3.05) is 13.1 Å². The van der Waals surface area contributed by atoms with Crippen molar-refractivity contribution >= 4 is 12.1 Å². The highest BCUT2D eigenvalue weighted by molar-refractivity contribution is 5.72. The van der Waals surface area contributed by atoms with Gasteiger partial charge in [-0.15, -0.1) is 0 Å². The molecule has 1 saturated heterocycles. The lowest BCUT2D eigenvalue weighted by Crippen LogP contribution is -2.46. The maximum absolute atomic E-state index is 11.8. The highest BCUT2D eigenvalue weighted by Gasteiger charge is 2.34. The number of nitrogens with zero attached hydrogens (tertiary/aromatic N) is 1. The van der Waals surface area contributed by atoms with E-state index in [2.05, 4.69) is 0 Å². The van der Waals surface area contributed by atoms with Crippen LogP contribution in [0.1, 0.15) is 34.1 Å². The van der Waals surface area contributed by atoms with E-state index in [4.69, 9.17) is 9.84 Å². The largest absolute Gasteiger partial charge is 0.481 e. The molecule has 0 bridgehead atoms. The minimum atomic E-state index is -0.777. The molecule has 0 unspecified atom stereocenters. The number of rotatable bonds is 1. The van der Waals surface area contributed by atoms with Crippen LogP contribution in [0, 0.1) is 11.8 Å². The molecule has 1 aliphatic heterocycles. The molecular formula is C12H21NO4. The molecule has 1 heterocycles. The Kier molecular flexibility index (Phi) is 4.01. The van der Waals surface area contributed by atoms with E-state index in [1.54, 1.807) is 4.90 Å². The third-order valence-corrected chi connectivity index (χ3v) is 2.87. The molecule has 0 aromatic carbocycles. The molecule has 1 amide bonds. The molecule has 5 nitrogen and oxygen atoms in total. The maximum Gasteiger partial charge on any atom is 0.410 e. The van der Waals surface area contributed by atoms with Gasteiger partial charge >= 0.3 is 12.1 Å². The van der Waals surface area contributed by atoms with Gasteiger partial charge in [0.2, 0.25) is 0 Å². The van der Waals surface area contributed by atoms with Gasteiger partial charge in [-0.05, 0) is 33.1 Å². The summed E-state index contributed by atoms with van der Waals surface area (Å²) in [5.41, 5.74) is -0.510. The predicted molar refractivity (Wildman–Crippen MR) is 62.7 cm³/mol. The molecule has 0 saturated carbocycles. The summed E-state index contributed by atoms with van der Waals surface area (Å²) in [5.74, 6) is -1.16. The quantitative estimate of drug-likeness (QED) is 0.764. The Labute approximate surface area is 102 Å². The van der Waals surface area contributed by atoms with Crippen molar-refractivity contribution in [3.63, 3.8) is 0 Å². The first kappa shape index (κ1) is 13.8. The molecule has 17 heavy (non-hydrogen) atoms. The van der Waals surface area contributed by atoms with Gasteiger partial charge in [0.05, 0.1) is 5.92 Å². The van der Waals surface area contributed by atoms with Gasteiger partial charge in [0, 0.05) is 13.1 Å². The molecule has 0 aromatic heterocycles. The van der Waals surface area contributed by atoms with Crippen LogP contribution in [0.3, 0.4) is 0 Å². The second-order valence-corrected chi connectivity index (χ2v) is 5.64. The Balaban J connectivity index is 2.55. The van der Waals surface area contributed by atoms with Crippen LogP contribution in [0.4, 0.5) is 4.79 Å². The Morgan fingerprint density at radius 3 is 2.35 bits per heavy atom. The van der Waals surface area contributed by atoms with E-state index in [1.807, 2.05) is 27.7 Å². The topological polar surface area (TPSA) is 66.8 Å². The molecule has 1 N–H and O–H groups in total. The Hall–Kier alpha value is -1.26. The minimum absolute atomic E-state index is 0.0335. The molecule has 1 aliphatic rings. The van der Waals surface area contributed by atoms with Crippen LogP contribution in [0.2, 0.25) is 0 Å². The van der Waals surface area contributed by atoms with Crippen molar-refractivity contribution in [2.24, 2.45) is 11.8 Å². The summed E-state index contributed by atoms with van der Waals surface area (Å²) in [6.45, 7) is 8.21. The SMILES string of the molecule is C[C@@H]1CN(C(=O)OC(C)(C)C)CC[C@@H]1C(=O)O. The summed E-state index contributed by atoms with van der Waals surface area (Å²) in [5, 5.41) is 8.99. The first-order valence-electron chi connectivity index (χ1n) is 5.91. The van der Waals surface area contributed by atoms with Crippen LogP contribution in [0.5, 0.6) is 0 Å². The number of amides is 1. The third kappa shape index (κ3) is 3.91. The zero-order valence-electron chi connectivity index (χ0n) is 10.9. The summed E-state index contributed by atoms with van der Waals surface area (Å²) in [4.78, 5) is 24.3. The van der Waals surface area contributed by atoms with Gasteiger partial charge in [0.1, 0.15) is 5.60 Å². The molecule has 5 heteroatoms. The van der Waals surface area contributed by atoms with Crippen molar-refractivity contribution in [1.29, 1.82) is 0 Å². The van der Waals surface area contributed by atoms with E-state index in [9.17, 15) is 9.59 Å². The summed E-state index contributed by atoms with van der Waals surface area (Å²) < 4.78 is 5.26. The number of carbonyl (C=O) groups is 2. The fourth-order valence-corrected chi connectivity index (χ4v) is 2.00. The van der Waals surface area contributed by atoms with Gasteiger partial charge in [-0.1, -0.05) is 6.92 Å². The zero-order chi connectivity index (χ0) is 13.2. The number of piperidine rings is 1. The van der Waals surface area contributed by atoms with Gasteiger partial charge in [0.15, 0.2) is 0 Å². The molecule has 2 atom stereocenters. The van der Waals surface area contributed by atoms with Crippen molar-refractivity contribution in [1.82, 2.24) is 4.90 Å². The second kappa shape index (κ2) is 4.94. The number of hydrogen-bond donors (Lipinski definition) is 1. The number of aliphatic carboxylic acids is 1. The smallest absolute Gasteiger partial charge is 0.410 e. The highest BCUT2D eigenvalue weighted by atomic mass is 16.6. The standard InChI is InChI=1S/C12H21NO4/c1-8-7-13(6-5-9(8)10(14)15)11(16)17-12(2,3)4/h8-9H,5-7H2,1-4H3,(H,14,15)/t8-,9+/m1/s1. The number of carboxylic acid groups (broad SMARTS) is 1. The average Bonchev–Trinajstić information content (AvgIpc) is 2.14. The van der Waals surface area contributed by atoms with Gasteiger partial charge < -0.3 is 14.7 Å². The van der Waals surface area contributed by atoms with Crippen LogP contribution in [-0.2, 0) is 9.53 Å². The first-order chi connectivity index (χ1) is 7.70. The summed E-state index contributed by atoms with van der Waals surface area (Å²) in [6, 6.07) is 0. The Morgan fingerprint density at radius 2 is 1.94 bits per heavy atom. The number of likely N-dealkylation sites (tertiary alicyclic amines) is 1. The van der Waals surface area contributed by atoms with Crippen LogP contribution >= 0.6 is 0 Å². The summed E-state index contributed by atoms with van der Waals surface area (Å²) >= 11 is 0. The van der Waals surface area contributed by atoms with Gasteiger partial charge in [-0.2, -0.15) is 0 Å². The van der Waals surface area contributed by atoms with E-state index in [0.29, 0.717) is 19.5 Å². The lowest BCUT2D eigenvalue weighted by molar-refractivity contribution is -0.145. The molecular weight excluding hydrogens is 222 g/mol. The van der Waals surface area contributed by atoms with E-state index < -0.39 is 11.6 Å². The number of hydrogen-bond acceptors (Lipinski definition) is 3. The average molecular weight is 243 g/mol. The summed E-state index contributed by atoms with van der Waals surface area (Å²) in [7, 11) is 0. The van der Waals surface area contributed by atoms with E-state index in [-0.39, 0.29) is 17.9 Å². The van der Waals surface area contributed by atoms with E-state index in [0.717, 1.165) is 0 Å². The molecule has 98 valence electrons. The zero-order valence-corrected chi connectivity index (χ0v) is 10.9. The Bertz CT molecular complexity index is 308. The molecule has 1 rings (SSSR count). The Morgan fingerprint density at radius 1 is 1.35 bits per heavy atom. The van der Waals surface area contributed by atoms with Crippen LogP contribution < -0.4 is 0 Å². The number of ether oxygens (including phenoxy) is 1. The molecule has 1 fully saturated rings. The van der Waals surface area contributed by atoms with E-state index >= 15 is 0 Å². The fraction of sp³-hybridized carbons (Fsp3) is 0.833. The van der Waals surface area contributed by atoms with Gasteiger partial charge in [-0.3, -0.25) is 4.79 Å². The molecule has 0 spiro atoms. The third-order valence-electron chi connectivity index (χ3n) is 2.87. The lowest BCUT2D eigenvalue weighted by Gasteiger charge is -2.35. The molecule has 0 aliphatic carbocycles. The van der Waals surface area contributed by atoms with E-state index in [1.165, 1.54) is 0 Å². The van der Waals surface area contributed by atoms with Crippen molar-refractivity contribution < 1.29 is 19.4 Å². The van der Waals surface area contributed by atoms with Gasteiger partial charge in [0.25, 0.3) is 0 Å². The van der Waals surface area contributed by atoms with Crippen molar-refractivity contribution in [3.8, 4) is 0 Å². The van der Waals surface area contributed by atoms with Crippen molar-refractivity contribution in [3.05, 3.63) is 0 Å². The second-order valence-electron chi connectivity index (χ2n) is 5.64. The predicted octanol–water partition coefficient (Wildman–Crippen LogP) is 1.96. The van der Waals surface area contributed by atoms with Crippen LogP contribution in [-0.4, -0.2) is 40.8 Å². The number of carboxylic acids is 1. The minimum Gasteiger partial charge on any atom is -0.481 e. The first-order valence-corrected chi connectivity index (χ1v) is 5.91. The monoisotopic (exact) mass is 243 g/mol. The molecule has 0 aromatic rings. The highest BCUT2D eigenvalue weighted by Crippen LogP contribution is 2.24. The lowest BCUT2D eigenvalue weighted by atomic mass is 9.87. The maximum atomic E-state index is 11.8. The van der Waals surface area contributed by atoms with Crippen LogP contribution in [0.25, 0.3) is 0 Å². The fourth-order valence-electron chi connectivity index (χ4n) is 2.00. The normalized spacial score (nSPS) is 25.5. The van der Waals surface area contributed by atoms with Gasteiger partial charge in [-0.25, -0.2) is 4.79 Å². The summed E-state index contributed by atoms with van der Waals surface area (Å²) in [6.07, 6.45) is 0.142.